The van der Waals surface area contributed by atoms with Crippen LogP contribution in [0.3, 0.4) is 0 Å². The largest absolute Gasteiger partial charge is 0.325 e. The van der Waals surface area contributed by atoms with Crippen molar-refractivity contribution < 1.29 is 4.79 Å². The Kier molecular flexibility index (Phi) is 6.90. The molecular formula is C33H33N3O2S. The standard InChI is InChI=1S/C33H33N3O2S/c1-22-12-11-16-26(20-22)36-31(38)28-29(27-17-8-7-13-24(27)21-33(28)18-9-4-10-19-33)35-32(36)39-23(2)30(37)34-25-14-5-3-6-15-25/h3,5-8,11-17,20,23H,4,9-10,18-19,21H2,1-2H3,(H,34,37)/t23-/m0/s1. The third-order valence-corrected chi connectivity index (χ3v) is 9.20. The Hall–Kier alpha value is -3.64. The summed E-state index contributed by atoms with van der Waals surface area (Å²) in [5.74, 6) is -0.127. The molecule has 0 unspecified atom stereocenters. The van der Waals surface area contributed by atoms with Gasteiger partial charge in [0.1, 0.15) is 0 Å². The van der Waals surface area contributed by atoms with Gasteiger partial charge < -0.3 is 5.32 Å². The van der Waals surface area contributed by atoms with Crippen LogP contribution in [0.25, 0.3) is 16.9 Å². The van der Waals surface area contributed by atoms with Crippen molar-refractivity contribution in [3.05, 3.63) is 106 Å². The van der Waals surface area contributed by atoms with Gasteiger partial charge in [-0.1, -0.05) is 85.6 Å². The normalized spacial score (nSPS) is 16.3. The number of aromatic nitrogens is 2. The average molecular weight is 536 g/mol. The van der Waals surface area contributed by atoms with Crippen LogP contribution in [0.15, 0.2) is 88.8 Å². The molecule has 198 valence electrons. The van der Waals surface area contributed by atoms with E-state index in [0.29, 0.717) is 5.16 Å². The van der Waals surface area contributed by atoms with Crippen LogP contribution in [0, 0.1) is 6.92 Å². The van der Waals surface area contributed by atoms with Gasteiger partial charge in [0, 0.05) is 16.7 Å². The second-order valence-electron chi connectivity index (χ2n) is 10.9. The van der Waals surface area contributed by atoms with E-state index in [-0.39, 0.29) is 16.9 Å². The minimum Gasteiger partial charge on any atom is -0.325 e. The van der Waals surface area contributed by atoms with Crippen LogP contribution in [0.2, 0.25) is 0 Å². The van der Waals surface area contributed by atoms with Gasteiger partial charge in [-0.2, -0.15) is 0 Å². The summed E-state index contributed by atoms with van der Waals surface area (Å²) < 4.78 is 1.76. The first-order chi connectivity index (χ1) is 18.9. The minimum atomic E-state index is -0.464. The molecule has 0 bridgehead atoms. The molecule has 1 atom stereocenters. The quantitative estimate of drug-likeness (QED) is 0.219. The van der Waals surface area contributed by atoms with Crippen LogP contribution < -0.4 is 10.9 Å². The third kappa shape index (κ3) is 4.82. The molecule has 1 fully saturated rings. The molecule has 1 N–H and O–H groups in total. The number of rotatable bonds is 5. The Morgan fingerprint density at radius 1 is 0.974 bits per heavy atom. The summed E-state index contributed by atoms with van der Waals surface area (Å²) in [5.41, 5.74) is 6.37. The smallest absolute Gasteiger partial charge is 0.263 e. The van der Waals surface area contributed by atoms with Gasteiger partial charge >= 0.3 is 0 Å². The van der Waals surface area contributed by atoms with E-state index in [9.17, 15) is 9.59 Å². The Bertz CT molecular complexity index is 1590. The van der Waals surface area contributed by atoms with Crippen molar-refractivity contribution in [2.24, 2.45) is 0 Å². The average Bonchev–Trinajstić information content (AvgIpc) is 2.94. The second kappa shape index (κ2) is 10.5. The van der Waals surface area contributed by atoms with Gasteiger partial charge in [-0.25, -0.2) is 4.98 Å². The summed E-state index contributed by atoms with van der Waals surface area (Å²) in [6.07, 6.45) is 6.34. The van der Waals surface area contributed by atoms with Crippen molar-refractivity contribution in [3.8, 4) is 16.9 Å². The van der Waals surface area contributed by atoms with Gasteiger partial charge in [0.05, 0.1) is 22.2 Å². The molecule has 1 amide bonds. The van der Waals surface area contributed by atoms with Crippen LogP contribution in [-0.2, 0) is 16.6 Å². The Labute approximate surface area is 233 Å². The lowest BCUT2D eigenvalue weighted by atomic mass is 9.62. The molecule has 0 radical (unpaired) electrons. The lowest BCUT2D eigenvalue weighted by Crippen LogP contribution is -2.43. The molecule has 6 heteroatoms. The van der Waals surface area contributed by atoms with Crippen molar-refractivity contribution in [1.82, 2.24) is 9.55 Å². The van der Waals surface area contributed by atoms with E-state index < -0.39 is 5.25 Å². The fourth-order valence-corrected chi connectivity index (χ4v) is 7.16. The number of para-hydroxylation sites is 1. The maximum Gasteiger partial charge on any atom is 0.263 e. The summed E-state index contributed by atoms with van der Waals surface area (Å²) >= 11 is 1.33. The van der Waals surface area contributed by atoms with E-state index >= 15 is 0 Å². The molecule has 5 nitrogen and oxygen atoms in total. The zero-order chi connectivity index (χ0) is 27.0. The van der Waals surface area contributed by atoms with Crippen LogP contribution in [0.4, 0.5) is 5.69 Å². The molecule has 6 rings (SSSR count). The van der Waals surface area contributed by atoms with E-state index in [1.54, 1.807) is 4.57 Å². The van der Waals surface area contributed by atoms with Gasteiger partial charge in [0.2, 0.25) is 5.91 Å². The Morgan fingerprint density at radius 2 is 1.72 bits per heavy atom. The first kappa shape index (κ1) is 25.6. The van der Waals surface area contributed by atoms with Gasteiger partial charge in [0.15, 0.2) is 5.16 Å². The summed E-state index contributed by atoms with van der Waals surface area (Å²) in [4.78, 5) is 33.1. The van der Waals surface area contributed by atoms with E-state index in [1.807, 2.05) is 74.5 Å². The molecule has 1 spiro atoms. The van der Waals surface area contributed by atoms with Gasteiger partial charge in [-0.3, -0.25) is 14.2 Å². The summed E-state index contributed by atoms with van der Waals surface area (Å²) in [6, 6.07) is 25.8. The number of hydrogen-bond donors (Lipinski definition) is 1. The number of aryl methyl sites for hydroxylation is 1. The number of hydrogen-bond acceptors (Lipinski definition) is 4. The highest BCUT2D eigenvalue weighted by Gasteiger charge is 2.43. The zero-order valence-electron chi connectivity index (χ0n) is 22.4. The number of nitrogens with one attached hydrogen (secondary N) is 1. The van der Waals surface area contributed by atoms with Gasteiger partial charge in [0.25, 0.3) is 5.56 Å². The van der Waals surface area contributed by atoms with Crippen LogP contribution in [0.1, 0.15) is 55.7 Å². The van der Waals surface area contributed by atoms with Crippen molar-refractivity contribution in [2.45, 2.75) is 68.2 Å². The molecule has 1 heterocycles. The summed E-state index contributed by atoms with van der Waals surface area (Å²) in [6.45, 7) is 3.90. The summed E-state index contributed by atoms with van der Waals surface area (Å²) in [5, 5.41) is 3.07. The van der Waals surface area contributed by atoms with E-state index in [4.69, 9.17) is 4.98 Å². The van der Waals surface area contributed by atoms with Gasteiger partial charge in [-0.05, 0) is 68.5 Å². The predicted molar refractivity (Wildman–Crippen MR) is 159 cm³/mol. The maximum absolute atomic E-state index is 14.7. The van der Waals surface area contributed by atoms with Crippen molar-refractivity contribution in [2.75, 3.05) is 5.32 Å². The second-order valence-corrected chi connectivity index (χ2v) is 12.2. The molecule has 1 aromatic heterocycles. The molecule has 0 saturated heterocycles. The van der Waals surface area contributed by atoms with Crippen molar-refractivity contribution in [1.29, 1.82) is 0 Å². The van der Waals surface area contributed by atoms with E-state index in [1.165, 1.54) is 23.7 Å². The lowest BCUT2D eigenvalue weighted by Gasteiger charge is -2.42. The fraction of sp³-hybridized carbons (Fsp3) is 0.303. The predicted octanol–water partition coefficient (Wildman–Crippen LogP) is 7.09. The molecule has 2 aliphatic rings. The van der Waals surface area contributed by atoms with Crippen LogP contribution >= 0.6 is 11.8 Å². The molecular weight excluding hydrogens is 502 g/mol. The van der Waals surface area contributed by atoms with Crippen LogP contribution in [0.5, 0.6) is 0 Å². The molecule has 0 aliphatic heterocycles. The highest BCUT2D eigenvalue weighted by Crippen LogP contribution is 2.49. The monoisotopic (exact) mass is 535 g/mol. The molecule has 2 aliphatic carbocycles. The first-order valence-electron chi connectivity index (χ1n) is 13.8. The fourth-order valence-electron chi connectivity index (χ4n) is 6.24. The molecule has 3 aromatic carbocycles. The Balaban J connectivity index is 1.52. The number of carbonyl (C=O) groups excluding carboxylic acids is 1. The number of amides is 1. The summed E-state index contributed by atoms with van der Waals surface area (Å²) in [7, 11) is 0. The molecule has 4 aromatic rings. The highest BCUT2D eigenvalue weighted by atomic mass is 32.2. The maximum atomic E-state index is 14.7. The number of nitrogens with zero attached hydrogens (tertiary/aromatic N) is 2. The van der Waals surface area contributed by atoms with Crippen molar-refractivity contribution in [3.63, 3.8) is 0 Å². The van der Waals surface area contributed by atoms with Gasteiger partial charge in [-0.15, -0.1) is 0 Å². The van der Waals surface area contributed by atoms with E-state index in [0.717, 1.165) is 65.9 Å². The highest BCUT2D eigenvalue weighted by molar-refractivity contribution is 8.00. The Morgan fingerprint density at radius 3 is 2.49 bits per heavy atom. The van der Waals surface area contributed by atoms with Crippen LogP contribution in [-0.4, -0.2) is 20.7 Å². The molecule has 39 heavy (non-hydrogen) atoms. The SMILES string of the molecule is Cc1cccc(-n2c(S[C@@H](C)C(=O)Nc3ccccc3)nc3c(c2=O)C2(CCCCC2)Cc2ccccc2-3)c1. The van der Waals surface area contributed by atoms with E-state index in [2.05, 4.69) is 23.5 Å². The third-order valence-electron chi connectivity index (χ3n) is 8.15. The van der Waals surface area contributed by atoms with Crippen molar-refractivity contribution >= 4 is 23.4 Å². The number of anilines is 1. The number of benzene rings is 3. The first-order valence-corrected chi connectivity index (χ1v) is 14.7. The lowest BCUT2D eigenvalue weighted by molar-refractivity contribution is -0.115. The zero-order valence-corrected chi connectivity index (χ0v) is 23.3. The number of thioether (sulfide) groups is 1. The number of carbonyl (C=O) groups is 1. The topological polar surface area (TPSA) is 64.0 Å². The molecule has 1 saturated carbocycles. The minimum absolute atomic E-state index is 0.000158. The number of fused-ring (bicyclic) bond motifs is 4.